The molecule has 0 radical (unpaired) electrons. The maximum atomic E-state index is 12.0. The minimum absolute atomic E-state index is 0.235. The summed E-state index contributed by atoms with van der Waals surface area (Å²) in [5.74, 6) is 0.270. The first kappa shape index (κ1) is 16.2. The zero-order valence-electron chi connectivity index (χ0n) is 12.1. The van der Waals surface area contributed by atoms with E-state index in [9.17, 15) is 8.42 Å². The maximum absolute atomic E-state index is 12.0. The van der Waals surface area contributed by atoms with Gasteiger partial charge in [0.25, 0.3) is 10.1 Å². The van der Waals surface area contributed by atoms with Crippen LogP contribution in [0.15, 0.2) is 29.2 Å². The molecule has 0 aliphatic heterocycles. The van der Waals surface area contributed by atoms with E-state index < -0.39 is 10.1 Å². The van der Waals surface area contributed by atoms with Crippen LogP contribution in [0.1, 0.15) is 45.1 Å². The maximum Gasteiger partial charge on any atom is 0.296 e. The van der Waals surface area contributed by atoms with Crippen molar-refractivity contribution in [1.29, 1.82) is 0 Å². The van der Waals surface area contributed by atoms with E-state index in [0.29, 0.717) is 0 Å². The molecule has 4 heteroatoms. The summed E-state index contributed by atoms with van der Waals surface area (Å²) in [5, 5.41) is 0. The Bertz CT molecular complexity index is 463. The Morgan fingerprint density at radius 3 is 2.37 bits per heavy atom. The SMILES string of the molecule is CCCCC[C@@H](C)COS(=O)(=O)c1ccc(C)cc1. The zero-order chi connectivity index (χ0) is 14.3. The van der Waals surface area contributed by atoms with Crippen molar-refractivity contribution in [3.63, 3.8) is 0 Å². The van der Waals surface area contributed by atoms with Gasteiger partial charge in [-0.25, -0.2) is 0 Å². The molecule has 0 amide bonds. The van der Waals surface area contributed by atoms with Crippen LogP contribution in [-0.4, -0.2) is 15.0 Å². The van der Waals surface area contributed by atoms with Gasteiger partial charge in [-0.05, 0) is 31.4 Å². The van der Waals surface area contributed by atoms with Crippen molar-refractivity contribution in [3.05, 3.63) is 29.8 Å². The van der Waals surface area contributed by atoms with Crippen LogP contribution in [0.2, 0.25) is 0 Å². The Hall–Kier alpha value is -0.870. The number of rotatable bonds is 8. The average molecular weight is 284 g/mol. The van der Waals surface area contributed by atoms with Gasteiger partial charge < -0.3 is 0 Å². The number of hydrogen-bond donors (Lipinski definition) is 0. The van der Waals surface area contributed by atoms with Crippen molar-refractivity contribution in [1.82, 2.24) is 0 Å². The molecule has 0 spiro atoms. The quantitative estimate of drug-likeness (QED) is 0.537. The van der Waals surface area contributed by atoms with E-state index >= 15 is 0 Å². The van der Waals surface area contributed by atoms with Crippen molar-refractivity contribution in [2.24, 2.45) is 5.92 Å². The first-order valence-electron chi connectivity index (χ1n) is 6.92. The second-order valence-electron chi connectivity index (χ2n) is 5.15. The number of benzene rings is 1. The average Bonchev–Trinajstić information content (AvgIpc) is 2.37. The van der Waals surface area contributed by atoms with E-state index in [1.165, 1.54) is 12.8 Å². The first-order chi connectivity index (χ1) is 8.95. The summed E-state index contributed by atoms with van der Waals surface area (Å²) in [4.78, 5) is 0.235. The molecule has 0 saturated heterocycles. The zero-order valence-corrected chi connectivity index (χ0v) is 12.9. The van der Waals surface area contributed by atoms with Crippen molar-refractivity contribution in [3.8, 4) is 0 Å². The highest BCUT2D eigenvalue weighted by Gasteiger charge is 2.16. The molecular formula is C15H24O3S. The molecule has 0 fully saturated rings. The highest BCUT2D eigenvalue weighted by atomic mass is 32.2. The van der Waals surface area contributed by atoms with E-state index in [1.807, 2.05) is 13.8 Å². The third-order valence-electron chi connectivity index (χ3n) is 3.12. The molecule has 19 heavy (non-hydrogen) atoms. The van der Waals surface area contributed by atoms with Gasteiger partial charge in [0.15, 0.2) is 0 Å². The minimum Gasteiger partial charge on any atom is -0.266 e. The summed E-state index contributed by atoms with van der Waals surface area (Å²) < 4.78 is 29.0. The Labute approximate surface area is 117 Å². The van der Waals surface area contributed by atoms with E-state index in [2.05, 4.69) is 6.92 Å². The molecule has 0 bridgehead atoms. The molecule has 0 N–H and O–H groups in total. The summed E-state index contributed by atoms with van der Waals surface area (Å²) in [6.07, 6.45) is 4.51. The molecule has 1 aromatic rings. The monoisotopic (exact) mass is 284 g/mol. The van der Waals surface area contributed by atoms with Gasteiger partial charge in [-0.3, -0.25) is 4.18 Å². The third-order valence-corrected chi connectivity index (χ3v) is 4.41. The van der Waals surface area contributed by atoms with Crippen LogP contribution >= 0.6 is 0 Å². The topological polar surface area (TPSA) is 43.4 Å². The Morgan fingerprint density at radius 1 is 1.16 bits per heavy atom. The van der Waals surface area contributed by atoms with E-state index in [-0.39, 0.29) is 17.4 Å². The number of unbranched alkanes of at least 4 members (excludes halogenated alkanes) is 2. The number of hydrogen-bond acceptors (Lipinski definition) is 3. The van der Waals surface area contributed by atoms with Crippen LogP contribution < -0.4 is 0 Å². The predicted molar refractivity (Wildman–Crippen MR) is 77.6 cm³/mol. The van der Waals surface area contributed by atoms with Gasteiger partial charge in [-0.1, -0.05) is 50.8 Å². The highest BCUT2D eigenvalue weighted by molar-refractivity contribution is 7.86. The fourth-order valence-electron chi connectivity index (χ4n) is 1.80. The summed E-state index contributed by atoms with van der Waals surface area (Å²) in [6, 6.07) is 6.74. The molecular weight excluding hydrogens is 260 g/mol. The van der Waals surface area contributed by atoms with Crippen LogP contribution in [0.25, 0.3) is 0 Å². The van der Waals surface area contributed by atoms with E-state index in [0.717, 1.165) is 18.4 Å². The third kappa shape index (κ3) is 5.74. The fraction of sp³-hybridized carbons (Fsp3) is 0.600. The lowest BCUT2D eigenvalue weighted by Gasteiger charge is -2.12. The Kier molecular flexibility index (Phi) is 6.52. The standard InChI is InChI=1S/C15H24O3S/c1-4-5-6-7-14(3)12-18-19(16,17)15-10-8-13(2)9-11-15/h8-11,14H,4-7,12H2,1-3H3/t14-/m1/s1. The van der Waals surface area contributed by atoms with E-state index in [4.69, 9.17) is 4.18 Å². The van der Waals surface area contributed by atoms with Crippen molar-refractivity contribution in [2.45, 2.75) is 51.3 Å². The summed E-state index contributed by atoms with van der Waals surface area (Å²) in [6.45, 7) is 6.37. The lowest BCUT2D eigenvalue weighted by molar-refractivity contribution is 0.254. The summed E-state index contributed by atoms with van der Waals surface area (Å²) in [5.41, 5.74) is 1.03. The molecule has 0 aliphatic carbocycles. The number of aryl methyl sites for hydroxylation is 1. The lowest BCUT2D eigenvalue weighted by Crippen LogP contribution is -2.13. The molecule has 0 heterocycles. The van der Waals surface area contributed by atoms with Crippen molar-refractivity contribution >= 4 is 10.1 Å². The van der Waals surface area contributed by atoms with Crippen LogP contribution in [0, 0.1) is 12.8 Å². The van der Waals surface area contributed by atoms with Crippen LogP contribution in [0.3, 0.4) is 0 Å². The molecule has 1 atom stereocenters. The van der Waals surface area contributed by atoms with Crippen LogP contribution in [0.5, 0.6) is 0 Å². The normalized spacial score (nSPS) is 13.4. The smallest absolute Gasteiger partial charge is 0.266 e. The predicted octanol–water partition coefficient (Wildman–Crippen LogP) is 3.92. The van der Waals surface area contributed by atoms with Gasteiger partial charge in [0.2, 0.25) is 0 Å². The fourth-order valence-corrected chi connectivity index (χ4v) is 2.82. The van der Waals surface area contributed by atoms with Crippen molar-refractivity contribution < 1.29 is 12.6 Å². The summed E-state index contributed by atoms with van der Waals surface area (Å²) in [7, 11) is -3.60. The molecule has 3 nitrogen and oxygen atoms in total. The second kappa shape index (κ2) is 7.65. The minimum atomic E-state index is -3.60. The molecule has 1 aromatic carbocycles. The van der Waals surface area contributed by atoms with Gasteiger partial charge in [-0.15, -0.1) is 0 Å². The second-order valence-corrected chi connectivity index (χ2v) is 6.77. The van der Waals surface area contributed by atoms with Crippen LogP contribution in [-0.2, 0) is 14.3 Å². The van der Waals surface area contributed by atoms with Gasteiger partial charge in [-0.2, -0.15) is 8.42 Å². The van der Waals surface area contributed by atoms with Gasteiger partial charge in [0, 0.05) is 0 Å². The van der Waals surface area contributed by atoms with Gasteiger partial charge in [0.05, 0.1) is 11.5 Å². The highest BCUT2D eigenvalue weighted by Crippen LogP contribution is 2.16. The molecule has 108 valence electrons. The summed E-state index contributed by atoms with van der Waals surface area (Å²) >= 11 is 0. The van der Waals surface area contributed by atoms with Crippen LogP contribution in [0.4, 0.5) is 0 Å². The molecule has 0 saturated carbocycles. The molecule has 0 aliphatic rings. The molecule has 0 unspecified atom stereocenters. The van der Waals surface area contributed by atoms with Crippen molar-refractivity contribution in [2.75, 3.05) is 6.61 Å². The Balaban J connectivity index is 2.49. The van der Waals surface area contributed by atoms with E-state index in [1.54, 1.807) is 24.3 Å². The largest absolute Gasteiger partial charge is 0.296 e. The van der Waals surface area contributed by atoms with Gasteiger partial charge in [0.1, 0.15) is 0 Å². The molecule has 1 rings (SSSR count). The Morgan fingerprint density at radius 2 is 1.79 bits per heavy atom. The van der Waals surface area contributed by atoms with Gasteiger partial charge >= 0.3 is 0 Å². The lowest BCUT2D eigenvalue weighted by atomic mass is 10.0. The first-order valence-corrected chi connectivity index (χ1v) is 8.32. The molecule has 0 aromatic heterocycles.